The van der Waals surface area contributed by atoms with Crippen LogP contribution in [0.1, 0.15) is 33.3 Å². The fourth-order valence-electron chi connectivity index (χ4n) is 5.77. The Morgan fingerprint density at radius 1 is 1.04 bits per heavy atom. The summed E-state index contributed by atoms with van der Waals surface area (Å²) in [5.41, 5.74) is 10.0. The first-order valence-electron chi connectivity index (χ1n) is 16.1. The highest BCUT2D eigenvalue weighted by Gasteiger charge is 2.38. The highest BCUT2D eigenvalue weighted by atomic mass is 32.2. The Balaban J connectivity index is 1.67. The second kappa shape index (κ2) is 18.8. The van der Waals surface area contributed by atoms with Gasteiger partial charge < -0.3 is 29.6 Å². The van der Waals surface area contributed by atoms with E-state index < -0.39 is 10.0 Å². The molecule has 2 atom stereocenters. The van der Waals surface area contributed by atoms with Crippen LogP contribution in [0.3, 0.4) is 0 Å². The van der Waals surface area contributed by atoms with Gasteiger partial charge in [-0.3, -0.25) is 0 Å². The van der Waals surface area contributed by atoms with Crippen LogP contribution in [-0.4, -0.2) is 101 Å². The van der Waals surface area contributed by atoms with Crippen LogP contribution in [0.2, 0.25) is 0 Å². The van der Waals surface area contributed by atoms with E-state index in [-0.39, 0.29) is 43.7 Å². The van der Waals surface area contributed by atoms with E-state index >= 15 is 0 Å². The van der Waals surface area contributed by atoms with Crippen molar-refractivity contribution in [3.63, 3.8) is 0 Å². The maximum Gasteiger partial charge on any atom is 0.240 e. The molecule has 0 fully saturated rings. The lowest BCUT2D eigenvalue weighted by molar-refractivity contribution is -0.519. The minimum atomic E-state index is -3.94. The van der Waals surface area contributed by atoms with Crippen molar-refractivity contribution in [3.05, 3.63) is 77.2 Å². The summed E-state index contributed by atoms with van der Waals surface area (Å²) >= 11 is 0.713. The molecule has 13 nitrogen and oxygen atoms in total. The fraction of sp³-hybridized carbons (Fsp3) is 0.485. The number of benzene rings is 1. The first-order chi connectivity index (χ1) is 23.3. The second-order valence-electron chi connectivity index (χ2n) is 10.8. The van der Waals surface area contributed by atoms with Gasteiger partial charge in [0, 0.05) is 54.3 Å². The number of allylic oxidation sites excluding steroid dienone is 4. The molecule has 4 N–H and O–H groups in total. The van der Waals surface area contributed by atoms with Crippen LogP contribution < -0.4 is 10.5 Å². The molecule has 3 aliphatic rings. The summed E-state index contributed by atoms with van der Waals surface area (Å²) in [4.78, 5) is 2.70. The van der Waals surface area contributed by atoms with Gasteiger partial charge in [0.1, 0.15) is 38.5 Å². The van der Waals surface area contributed by atoms with Gasteiger partial charge in [0.2, 0.25) is 15.7 Å². The van der Waals surface area contributed by atoms with Crippen LogP contribution in [0.25, 0.3) is 5.57 Å². The van der Waals surface area contributed by atoms with Gasteiger partial charge in [-0.15, -0.1) is 4.33 Å². The van der Waals surface area contributed by atoms with Gasteiger partial charge in [-0.2, -0.15) is 0 Å². The third kappa shape index (κ3) is 9.44. The van der Waals surface area contributed by atoms with Crippen molar-refractivity contribution < 1.29 is 46.6 Å². The van der Waals surface area contributed by atoms with Crippen molar-refractivity contribution in [2.75, 3.05) is 66.1 Å². The number of fused-ring (bicyclic) bond motifs is 2. The minimum absolute atomic E-state index is 0.00550. The summed E-state index contributed by atoms with van der Waals surface area (Å²) in [7, 11) is -3.94. The average molecular weight is 708 g/mol. The first kappa shape index (κ1) is 38.0. The van der Waals surface area contributed by atoms with Gasteiger partial charge in [-0.1, -0.05) is 17.2 Å². The Kier molecular flexibility index (Phi) is 14.9. The number of sulfonamides is 1. The number of nitrogens with one attached hydrogen (secondary N) is 1. The topological polar surface area (TPSA) is 154 Å². The average Bonchev–Trinajstić information content (AvgIpc) is 3.10. The molecule has 15 heteroatoms. The number of hydrogen-bond donors (Lipinski definition) is 3. The van der Waals surface area contributed by atoms with Gasteiger partial charge in [0.15, 0.2) is 0 Å². The number of nitrogens with two attached hydrogens (primary N) is 1. The number of ether oxygens (including phenoxy) is 4. The lowest BCUT2D eigenvalue weighted by atomic mass is 9.78. The van der Waals surface area contributed by atoms with Crippen LogP contribution in [0.4, 0.5) is 0 Å². The molecule has 0 aromatic heterocycles. The van der Waals surface area contributed by atoms with Crippen LogP contribution >= 0.6 is 12.0 Å². The highest BCUT2D eigenvalue weighted by Crippen LogP contribution is 2.47. The maximum atomic E-state index is 13.3. The van der Waals surface area contributed by atoms with Crippen molar-refractivity contribution in [2.24, 2.45) is 11.7 Å². The Morgan fingerprint density at radius 3 is 2.48 bits per heavy atom. The molecule has 0 saturated carbocycles. The highest BCUT2D eigenvalue weighted by molar-refractivity contribution is 7.94. The summed E-state index contributed by atoms with van der Waals surface area (Å²) in [6.45, 7) is 12.7. The monoisotopic (exact) mass is 707 g/mol. The summed E-state index contributed by atoms with van der Waals surface area (Å²) < 4.78 is 58.5. The van der Waals surface area contributed by atoms with Gasteiger partial charge in [0.05, 0.1) is 36.2 Å². The van der Waals surface area contributed by atoms with E-state index in [4.69, 9.17) is 34.3 Å². The number of nitrogens with zero attached hydrogens (tertiary/aromatic N) is 2. The molecule has 4 rings (SSSR count). The predicted molar refractivity (Wildman–Crippen MR) is 183 cm³/mol. The zero-order chi connectivity index (χ0) is 34.5. The summed E-state index contributed by atoms with van der Waals surface area (Å²) in [5, 5.41) is 13.0. The molecule has 0 amide bonds. The maximum absolute atomic E-state index is 13.3. The largest absolute Gasteiger partial charge is 0.484 e. The number of rotatable bonds is 20. The van der Waals surface area contributed by atoms with E-state index in [0.29, 0.717) is 35.7 Å². The Morgan fingerprint density at radius 2 is 1.79 bits per heavy atom. The Bertz CT molecular complexity index is 1540. The van der Waals surface area contributed by atoms with Crippen LogP contribution in [0.15, 0.2) is 81.5 Å². The lowest BCUT2D eigenvalue weighted by Gasteiger charge is -2.38. The third-order valence-corrected chi connectivity index (χ3v) is 10.2. The Hall–Kier alpha value is -2.83. The van der Waals surface area contributed by atoms with Gasteiger partial charge in [0.25, 0.3) is 0 Å². The molecule has 0 radical (unpaired) electrons. The van der Waals surface area contributed by atoms with Crippen molar-refractivity contribution in [2.45, 2.75) is 43.6 Å². The predicted octanol–water partition coefficient (Wildman–Crippen LogP) is 3.83. The normalized spacial score (nSPS) is 18.7. The van der Waals surface area contributed by atoms with E-state index in [9.17, 15) is 8.42 Å². The standard InChI is InChI=1S/C33H46N4O9S2/c1-5-36(6-2)24-9-12-27-30(19-24)44-31-20-25(37(7-3)8-4)10-13-28(31)33(27)29-14-11-26(21-32(29)47-46-45-38)48(39,40)35-16-18-42-23-43-22-41-17-15-34/h9-14,19-21,27,30,35H,5-8,15-18,22-23,34H2,1-4H3/p+1. The molecule has 0 bridgehead atoms. The molecule has 2 unspecified atom stereocenters. The smallest absolute Gasteiger partial charge is 0.240 e. The van der Waals surface area contributed by atoms with Gasteiger partial charge >= 0.3 is 0 Å². The van der Waals surface area contributed by atoms with E-state index in [2.05, 4.69) is 77.3 Å². The van der Waals surface area contributed by atoms with Crippen LogP contribution in [0.5, 0.6) is 0 Å². The number of hydrogen-bond acceptors (Lipinski definition) is 12. The van der Waals surface area contributed by atoms with E-state index in [1.807, 2.05) is 6.08 Å². The van der Waals surface area contributed by atoms with E-state index in [1.165, 1.54) is 6.07 Å². The molecule has 1 heterocycles. The third-order valence-electron chi connectivity index (χ3n) is 8.11. The Labute approximate surface area is 287 Å². The summed E-state index contributed by atoms with van der Waals surface area (Å²) in [6, 6.07) is 4.79. The second-order valence-corrected chi connectivity index (χ2v) is 13.3. The summed E-state index contributed by atoms with van der Waals surface area (Å²) in [5.74, 6) is 0.538. The van der Waals surface area contributed by atoms with E-state index in [1.54, 1.807) is 12.1 Å². The van der Waals surface area contributed by atoms with Gasteiger partial charge in [-0.05, 0) is 69.2 Å². The zero-order valence-corrected chi connectivity index (χ0v) is 29.6. The molecule has 0 spiro atoms. The van der Waals surface area contributed by atoms with Crippen LogP contribution in [0, 0.1) is 5.92 Å². The molecule has 0 saturated heterocycles. The molecule has 48 heavy (non-hydrogen) atoms. The SMILES string of the molecule is CCN(CC)C1=CC2OC3=CC(=[N+](CC)CC)C=CC3=C(c3ccc(S(=O)(=O)NCCOCOCOCCN)cc3SOOO)C2C=C1. The summed E-state index contributed by atoms with van der Waals surface area (Å²) in [6.07, 6.45) is 12.3. The molecule has 2 aliphatic carbocycles. The zero-order valence-electron chi connectivity index (χ0n) is 27.9. The molecule has 264 valence electrons. The molecular weight excluding hydrogens is 661 g/mol. The van der Waals surface area contributed by atoms with E-state index in [0.717, 1.165) is 54.5 Å². The quantitative estimate of drug-likeness (QED) is 0.0451. The molecule has 1 aliphatic heterocycles. The molecular formula is C33H47N4O9S2+. The minimum Gasteiger partial charge on any atom is -0.484 e. The first-order valence-corrected chi connectivity index (χ1v) is 18.3. The van der Waals surface area contributed by atoms with Crippen molar-refractivity contribution in [1.29, 1.82) is 0 Å². The number of likely N-dealkylation sites (N-methyl/N-ethyl adjacent to an activating group) is 1. The van der Waals surface area contributed by atoms with Gasteiger partial charge in [-0.25, -0.2) is 23.0 Å². The lowest BCUT2D eigenvalue weighted by Crippen LogP contribution is -2.34. The van der Waals surface area contributed by atoms with Crippen molar-refractivity contribution in [1.82, 2.24) is 9.62 Å². The fourth-order valence-corrected chi connectivity index (χ4v) is 7.43. The van der Waals surface area contributed by atoms with Crippen molar-refractivity contribution in [3.8, 4) is 0 Å². The van der Waals surface area contributed by atoms with Crippen LogP contribution in [-0.2, 0) is 38.3 Å². The molecule has 1 aromatic rings. The molecule has 1 aromatic carbocycles. The van der Waals surface area contributed by atoms with Crippen molar-refractivity contribution >= 4 is 33.4 Å².